The molecule has 1 rings (SSSR count). The first kappa shape index (κ1) is 12.7. The number of hydrogen-bond acceptors (Lipinski definition) is 5. The average molecular weight is 245 g/mol. The van der Waals surface area contributed by atoms with Crippen molar-refractivity contribution in [2.75, 3.05) is 12.3 Å². The molecule has 6 nitrogen and oxygen atoms in total. The molecule has 0 aliphatic carbocycles. The third-order valence-electron chi connectivity index (χ3n) is 2.12. The van der Waals surface area contributed by atoms with Crippen molar-refractivity contribution in [1.82, 2.24) is 4.90 Å². The number of carbonyl (C=O) groups is 4. The largest absolute Gasteiger partial charge is 0.481 e. The zero-order valence-corrected chi connectivity index (χ0v) is 9.24. The van der Waals surface area contributed by atoms with Gasteiger partial charge in [0.25, 0.3) is 0 Å². The second-order valence-corrected chi connectivity index (χ2v) is 4.46. The Morgan fingerprint density at radius 2 is 2.25 bits per heavy atom. The summed E-state index contributed by atoms with van der Waals surface area (Å²) in [6.07, 6.45) is 0.474. The molecule has 0 spiro atoms. The van der Waals surface area contributed by atoms with E-state index in [-0.39, 0.29) is 31.0 Å². The van der Waals surface area contributed by atoms with Crippen molar-refractivity contribution in [1.29, 1.82) is 0 Å². The van der Waals surface area contributed by atoms with Gasteiger partial charge in [0.05, 0.1) is 11.7 Å². The van der Waals surface area contributed by atoms with E-state index >= 15 is 0 Å². The predicted molar refractivity (Wildman–Crippen MR) is 55.9 cm³/mol. The number of imide groups is 1. The minimum Gasteiger partial charge on any atom is -0.481 e. The van der Waals surface area contributed by atoms with E-state index in [1.165, 1.54) is 0 Å². The molecule has 0 aromatic heterocycles. The van der Waals surface area contributed by atoms with E-state index in [0.717, 1.165) is 16.7 Å². The van der Waals surface area contributed by atoms with E-state index in [1.807, 2.05) is 0 Å². The third-order valence-corrected chi connectivity index (χ3v) is 3.22. The van der Waals surface area contributed by atoms with E-state index in [0.29, 0.717) is 6.29 Å². The zero-order valence-electron chi connectivity index (χ0n) is 8.42. The molecule has 0 aromatic rings. The lowest BCUT2D eigenvalue weighted by molar-refractivity contribution is -0.140. The number of rotatable bonds is 6. The zero-order chi connectivity index (χ0) is 12.1. The SMILES string of the molecule is O=CCSC1CC(=O)N(CCC(=O)O)C1=O. The standard InChI is InChI=1S/C9H11NO5S/c11-3-4-16-6-5-7(12)10(9(6)15)2-1-8(13)14/h3,6H,1-2,4-5H2,(H,13,14). The summed E-state index contributed by atoms with van der Waals surface area (Å²) in [5.74, 6) is -1.64. The first-order chi connectivity index (χ1) is 7.56. The topological polar surface area (TPSA) is 91.8 Å². The molecule has 0 bridgehead atoms. The minimum absolute atomic E-state index is 0.0525. The Bertz CT molecular complexity index is 330. The lowest BCUT2D eigenvalue weighted by Gasteiger charge is -2.12. The number of carboxylic acids is 1. The Balaban J connectivity index is 2.53. The summed E-state index contributed by atoms with van der Waals surface area (Å²) in [6.45, 7) is -0.0921. The highest BCUT2D eigenvalue weighted by Gasteiger charge is 2.38. The Morgan fingerprint density at radius 1 is 1.56 bits per heavy atom. The summed E-state index contributed by atoms with van der Waals surface area (Å²) in [4.78, 5) is 44.4. The Labute approximate surface area is 96.0 Å². The van der Waals surface area contributed by atoms with E-state index in [9.17, 15) is 19.2 Å². The van der Waals surface area contributed by atoms with E-state index < -0.39 is 17.1 Å². The molecule has 1 aliphatic heterocycles. The van der Waals surface area contributed by atoms with Gasteiger partial charge in [-0.3, -0.25) is 19.3 Å². The number of nitrogens with zero attached hydrogens (tertiary/aromatic N) is 1. The molecular weight excluding hydrogens is 234 g/mol. The van der Waals surface area contributed by atoms with Crippen LogP contribution in [0.2, 0.25) is 0 Å². The second kappa shape index (κ2) is 5.64. The molecule has 1 heterocycles. The molecule has 0 saturated carbocycles. The molecule has 1 fully saturated rings. The van der Waals surface area contributed by atoms with Gasteiger partial charge in [-0.1, -0.05) is 0 Å². The van der Waals surface area contributed by atoms with Gasteiger partial charge in [-0.15, -0.1) is 11.8 Å². The molecule has 16 heavy (non-hydrogen) atoms. The third kappa shape index (κ3) is 3.06. The maximum atomic E-state index is 11.6. The van der Waals surface area contributed by atoms with Crippen LogP contribution in [0.1, 0.15) is 12.8 Å². The summed E-state index contributed by atoms with van der Waals surface area (Å²) >= 11 is 1.11. The molecule has 88 valence electrons. The molecule has 7 heteroatoms. The highest BCUT2D eigenvalue weighted by molar-refractivity contribution is 8.01. The van der Waals surface area contributed by atoms with Crippen LogP contribution >= 0.6 is 11.8 Å². The van der Waals surface area contributed by atoms with E-state index in [4.69, 9.17) is 5.11 Å². The fraction of sp³-hybridized carbons (Fsp3) is 0.556. The summed E-state index contributed by atoms with van der Waals surface area (Å²) < 4.78 is 0. The van der Waals surface area contributed by atoms with Gasteiger partial charge in [0.1, 0.15) is 6.29 Å². The number of thioether (sulfide) groups is 1. The average Bonchev–Trinajstić information content (AvgIpc) is 2.48. The number of likely N-dealkylation sites (tertiary alicyclic amines) is 1. The van der Waals surface area contributed by atoms with Crippen LogP contribution in [0.15, 0.2) is 0 Å². The predicted octanol–water partition coefficient (Wildman–Crippen LogP) is -0.479. The van der Waals surface area contributed by atoms with Crippen molar-refractivity contribution in [3.63, 3.8) is 0 Å². The van der Waals surface area contributed by atoms with Crippen LogP contribution in [-0.2, 0) is 19.2 Å². The van der Waals surface area contributed by atoms with Gasteiger partial charge < -0.3 is 9.90 Å². The molecule has 1 saturated heterocycles. The Morgan fingerprint density at radius 3 is 2.81 bits per heavy atom. The van der Waals surface area contributed by atoms with Crippen molar-refractivity contribution in [3.8, 4) is 0 Å². The van der Waals surface area contributed by atoms with Crippen LogP contribution in [0.3, 0.4) is 0 Å². The van der Waals surface area contributed by atoms with Crippen LogP contribution in [0, 0.1) is 0 Å². The van der Waals surface area contributed by atoms with Gasteiger partial charge >= 0.3 is 5.97 Å². The van der Waals surface area contributed by atoms with Crippen LogP contribution in [0.25, 0.3) is 0 Å². The summed E-state index contributed by atoms with van der Waals surface area (Å²) in [7, 11) is 0. The monoisotopic (exact) mass is 245 g/mol. The van der Waals surface area contributed by atoms with Crippen molar-refractivity contribution in [3.05, 3.63) is 0 Å². The second-order valence-electron chi connectivity index (χ2n) is 3.22. The molecule has 1 N–H and O–H groups in total. The van der Waals surface area contributed by atoms with Crippen molar-refractivity contribution in [2.24, 2.45) is 0 Å². The summed E-state index contributed by atoms with van der Waals surface area (Å²) in [5, 5.41) is 7.92. The fourth-order valence-corrected chi connectivity index (χ4v) is 2.22. The number of aliphatic carboxylic acids is 1. The highest BCUT2D eigenvalue weighted by Crippen LogP contribution is 2.24. The normalized spacial score (nSPS) is 20.2. The van der Waals surface area contributed by atoms with Gasteiger partial charge in [-0.05, 0) is 0 Å². The van der Waals surface area contributed by atoms with Crippen molar-refractivity contribution < 1.29 is 24.3 Å². The maximum Gasteiger partial charge on any atom is 0.305 e. The molecule has 0 aromatic carbocycles. The Kier molecular flexibility index (Phi) is 4.48. The van der Waals surface area contributed by atoms with Gasteiger partial charge in [0, 0.05) is 18.7 Å². The smallest absolute Gasteiger partial charge is 0.305 e. The lowest BCUT2D eigenvalue weighted by atomic mass is 10.4. The highest BCUT2D eigenvalue weighted by atomic mass is 32.2. The Hall–Kier alpha value is -1.37. The summed E-state index contributed by atoms with van der Waals surface area (Å²) in [5.41, 5.74) is 0. The van der Waals surface area contributed by atoms with Crippen LogP contribution < -0.4 is 0 Å². The van der Waals surface area contributed by atoms with Crippen LogP contribution in [0.5, 0.6) is 0 Å². The molecule has 1 atom stereocenters. The van der Waals surface area contributed by atoms with Gasteiger partial charge in [-0.2, -0.15) is 0 Å². The first-order valence-corrected chi connectivity index (χ1v) is 5.72. The van der Waals surface area contributed by atoms with Gasteiger partial charge in [0.15, 0.2) is 0 Å². The molecular formula is C9H11NO5S. The fourth-order valence-electron chi connectivity index (χ4n) is 1.38. The summed E-state index contributed by atoms with van der Waals surface area (Å²) in [6, 6.07) is 0. The number of carbonyl (C=O) groups excluding carboxylic acids is 3. The molecule has 1 aliphatic rings. The molecule has 2 amide bonds. The van der Waals surface area contributed by atoms with Crippen molar-refractivity contribution >= 4 is 35.8 Å². The number of hydrogen-bond donors (Lipinski definition) is 1. The molecule has 0 radical (unpaired) electrons. The van der Waals surface area contributed by atoms with Gasteiger partial charge in [0.2, 0.25) is 11.8 Å². The molecule has 1 unspecified atom stereocenters. The van der Waals surface area contributed by atoms with E-state index in [2.05, 4.69) is 0 Å². The maximum absolute atomic E-state index is 11.6. The van der Waals surface area contributed by atoms with Crippen LogP contribution in [0.4, 0.5) is 0 Å². The minimum atomic E-state index is -1.05. The van der Waals surface area contributed by atoms with Crippen molar-refractivity contribution in [2.45, 2.75) is 18.1 Å². The van der Waals surface area contributed by atoms with Gasteiger partial charge in [-0.25, -0.2) is 0 Å². The number of carboxylic acid groups (broad SMARTS) is 1. The van der Waals surface area contributed by atoms with Crippen LogP contribution in [-0.4, -0.2) is 51.6 Å². The lowest BCUT2D eigenvalue weighted by Crippen LogP contribution is -2.33. The number of amides is 2. The first-order valence-electron chi connectivity index (χ1n) is 4.67. The number of aldehydes is 1. The quantitative estimate of drug-likeness (QED) is 0.502. The van der Waals surface area contributed by atoms with E-state index in [1.54, 1.807) is 0 Å².